The van der Waals surface area contributed by atoms with E-state index in [1.807, 2.05) is 24.3 Å². The van der Waals surface area contributed by atoms with Crippen molar-refractivity contribution in [3.8, 4) is 0 Å². The molecule has 3 unspecified atom stereocenters. The van der Waals surface area contributed by atoms with Crippen molar-refractivity contribution in [2.45, 2.75) is 31.3 Å². The fraction of sp³-hybridized carbons (Fsp3) is 0.421. The minimum Gasteiger partial charge on any atom is -0.452 e. The fourth-order valence-electron chi connectivity index (χ4n) is 3.77. The summed E-state index contributed by atoms with van der Waals surface area (Å²) in [6, 6.07) is 10.9. The molecule has 1 aliphatic carbocycles. The van der Waals surface area contributed by atoms with Crippen molar-refractivity contribution in [1.82, 2.24) is 4.90 Å². The van der Waals surface area contributed by atoms with Gasteiger partial charge in [-0.2, -0.15) is 0 Å². The maximum absolute atomic E-state index is 13.2. The van der Waals surface area contributed by atoms with E-state index in [9.17, 15) is 13.2 Å². The number of carbonyl (C=O) groups is 1. The number of sulfone groups is 1. The Kier molecular flexibility index (Phi) is 5.12. The van der Waals surface area contributed by atoms with Gasteiger partial charge in [-0.3, -0.25) is 4.79 Å². The molecule has 2 heterocycles. The van der Waals surface area contributed by atoms with Gasteiger partial charge in [0.2, 0.25) is 5.91 Å². The first-order valence-electron chi connectivity index (χ1n) is 8.83. The summed E-state index contributed by atoms with van der Waals surface area (Å²) in [5.41, 5.74) is 1.09. The topological polar surface area (TPSA) is 67.6 Å². The van der Waals surface area contributed by atoms with Gasteiger partial charge in [0.05, 0.1) is 18.1 Å². The first-order valence-corrected chi connectivity index (χ1v) is 11.8. The van der Waals surface area contributed by atoms with Gasteiger partial charge in [-0.05, 0) is 64.5 Å². The molecule has 0 bridgehead atoms. The number of hydrogen-bond acceptors (Lipinski definition) is 4. The van der Waals surface area contributed by atoms with E-state index in [1.165, 1.54) is 0 Å². The van der Waals surface area contributed by atoms with Gasteiger partial charge in [-0.25, -0.2) is 8.42 Å². The molecule has 4 rings (SSSR count). The second-order valence-corrected chi connectivity index (χ2v) is 10.7. The van der Waals surface area contributed by atoms with Gasteiger partial charge in [0.25, 0.3) is 0 Å². The highest BCUT2D eigenvalue weighted by molar-refractivity contribution is 9.10. The minimum absolute atomic E-state index is 0.00423. The lowest BCUT2D eigenvalue weighted by Crippen LogP contribution is -2.41. The standard InChI is InChI=1S/C19H19BrClNO4S/c20-18-6-5-15(26-18)10-22(14-7-8-27(24,25)11-14)19(23)17-9-16(17)12-1-3-13(21)4-2-12/h1-6,14,16-17H,7-11H2. The molecular formula is C19H19BrClNO4S. The highest BCUT2D eigenvalue weighted by Crippen LogP contribution is 2.49. The predicted molar refractivity (Wildman–Crippen MR) is 106 cm³/mol. The Hall–Kier alpha value is -1.31. The molecule has 2 aliphatic rings. The summed E-state index contributed by atoms with van der Waals surface area (Å²) in [7, 11) is -3.09. The zero-order valence-corrected chi connectivity index (χ0v) is 17.6. The van der Waals surface area contributed by atoms with Gasteiger partial charge in [-0.15, -0.1) is 0 Å². The van der Waals surface area contributed by atoms with Crippen molar-refractivity contribution in [3.05, 3.63) is 57.4 Å². The van der Waals surface area contributed by atoms with Gasteiger partial charge in [0.1, 0.15) is 5.76 Å². The predicted octanol–water partition coefficient (Wildman–Crippen LogP) is 4.01. The molecule has 3 atom stereocenters. The second-order valence-electron chi connectivity index (χ2n) is 7.23. The van der Waals surface area contributed by atoms with Gasteiger partial charge in [-0.1, -0.05) is 23.7 Å². The van der Waals surface area contributed by atoms with Crippen LogP contribution in [0.1, 0.15) is 30.1 Å². The van der Waals surface area contributed by atoms with Gasteiger partial charge < -0.3 is 9.32 Å². The van der Waals surface area contributed by atoms with Crippen molar-refractivity contribution >= 4 is 43.3 Å². The second kappa shape index (κ2) is 7.26. The third-order valence-electron chi connectivity index (χ3n) is 5.29. The summed E-state index contributed by atoms with van der Waals surface area (Å²) in [6.45, 7) is 0.286. The Balaban J connectivity index is 1.53. The molecule has 0 N–H and O–H groups in total. The maximum Gasteiger partial charge on any atom is 0.227 e. The number of rotatable bonds is 5. The molecule has 2 fully saturated rings. The zero-order valence-electron chi connectivity index (χ0n) is 14.5. The molecule has 27 heavy (non-hydrogen) atoms. The Morgan fingerprint density at radius 1 is 1.22 bits per heavy atom. The minimum atomic E-state index is -3.09. The van der Waals surface area contributed by atoms with E-state index in [0.717, 1.165) is 12.0 Å². The monoisotopic (exact) mass is 471 g/mol. The third-order valence-corrected chi connectivity index (χ3v) is 7.72. The molecular weight excluding hydrogens is 454 g/mol. The summed E-state index contributed by atoms with van der Waals surface area (Å²) in [4.78, 5) is 14.9. The molecule has 2 aromatic rings. The highest BCUT2D eigenvalue weighted by atomic mass is 79.9. The largest absolute Gasteiger partial charge is 0.452 e. The van der Waals surface area contributed by atoms with Crippen molar-refractivity contribution in [2.75, 3.05) is 11.5 Å². The number of hydrogen-bond donors (Lipinski definition) is 0. The van der Waals surface area contributed by atoms with Crippen molar-refractivity contribution in [2.24, 2.45) is 5.92 Å². The molecule has 1 aromatic heterocycles. The molecule has 1 amide bonds. The number of nitrogens with zero attached hydrogens (tertiary/aromatic N) is 1. The van der Waals surface area contributed by atoms with Crippen LogP contribution in [0.4, 0.5) is 0 Å². The normalized spacial score (nSPS) is 26.1. The smallest absolute Gasteiger partial charge is 0.227 e. The first-order chi connectivity index (χ1) is 12.8. The van der Waals surface area contributed by atoms with Crippen LogP contribution in [0.15, 0.2) is 45.5 Å². The Morgan fingerprint density at radius 2 is 1.96 bits per heavy atom. The molecule has 0 spiro atoms. The van der Waals surface area contributed by atoms with Crippen LogP contribution in [0, 0.1) is 5.92 Å². The molecule has 0 radical (unpaired) electrons. The van der Waals surface area contributed by atoms with E-state index in [-0.39, 0.29) is 41.8 Å². The van der Waals surface area contributed by atoms with Crippen LogP contribution < -0.4 is 0 Å². The maximum atomic E-state index is 13.2. The van der Waals surface area contributed by atoms with Crippen LogP contribution in [0.2, 0.25) is 5.02 Å². The van der Waals surface area contributed by atoms with Gasteiger partial charge >= 0.3 is 0 Å². The number of halogens is 2. The number of furan rings is 1. The number of benzene rings is 1. The number of amides is 1. The first kappa shape index (κ1) is 19.0. The number of carbonyl (C=O) groups excluding carboxylic acids is 1. The highest BCUT2D eigenvalue weighted by Gasteiger charge is 2.48. The van der Waals surface area contributed by atoms with E-state index in [2.05, 4.69) is 15.9 Å². The van der Waals surface area contributed by atoms with E-state index in [1.54, 1.807) is 17.0 Å². The van der Waals surface area contributed by atoms with Crippen molar-refractivity contribution in [3.63, 3.8) is 0 Å². The van der Waals surface area contributed by atoms with E-state index in [4.69, 9.17) is 16.0 Å². The lowest BCUT2D eigenvalue weighted by Gasteiger charge is -2.28. The lowest BCUT2D eigenvalue weighted by molar-refractivity contribution is -0.135. The Labute approximate surface area is 171 Å². The molecule has 1 saturated carbocycles. The molecule has 5 nitrogen and oxygen atoms in total. The Bertz CT molecular complexity index is 956. The van der Waals surface area contributed by atoms with Crippen molar-refractivity contribution in [1.29, 1.82) is 0 Å². The summed E-state index contributed by atoms with van der Waals surface area (Å²) in [5, 5.41) is 0.670. The van der Waals surface area contributed by atoms with Crippen LogP contribution in [-0.2, 0) is 21.2 Å². The summed E-state index contributed by atoms with van der Waals surface area (Å²) >= 11 is 9.22. The lowest BCUT2D eigenvalue weighted by atomic mass is 10.1. The molecule has 1 aliphatic heterocycles. The average molecular weight is 473 g/mol. The average Bonchev–Trinajstić information content (AvgIpc) is 3.19. The fourth-order valence-corrected chi connectivity index (χ4v) is 5.97. The Morgan fingerprint density at radius 3 is 2.56 bits per heavy atom. The van der Waals surface area contributed by atoms with Crippen LogP contribution >= 0.6 is 27.5 Å². The SMILES string of the molecule is O=C(C1CC1c1ccc(Cl)cc1)N(Cc1ccc(Br)o1)C1CCS(=O)(=O)C1. The van der Waals surface area contributed by atoms with E-state index >= 15 is 0 Å². The zero-order chi connectivity index (χ0) is 19.2. The molecule has 144 valence electrons. The van der Waals surface area contributed by atoms with Crippen LogP contribution in [0.25, 0.3) is 0 Å². The van der Waals surface area contributed by atoms with Crippen LogP contribution in [0.5, 0.6) is 0 Å². The molecule has 1 aromatic carbocycles. The van der Waals surface area contributed by atoms with E-state index in [0.29, 0.717) is 21.9 Å². The third kappa shape index (κ3) is 4.25. The molecule has 1 saturated heterocycles. The van der Waals surface area contributed by atoms with E-state index < -0.39 is 9.84 Å². The van der Waals surface area contributed by atoms with Crippen LogP contribution in [-0.4, -0.2) is 36.8 Å². The summed E-state index contributed by atoms with van der Waals surface area (Å²) in [6.07, 6.45) is 1.26. The summed E-state index contributed by atoms with van der Waals surface area (Å²) < 4.78 is 30.0. The van der Waals surface area contributed by atoms with Crippen molar-refractivity contribution < 1.29 is 17.6 Å². The summed E-state index contributed by atoms with van der Waals surface area (Å²) in [5.74, 6) is 0.854. The van der Waals surface area contributed by atoms with Gasteiger partial charge in [0.15, 0.2) is 14.5 Å². The van der Waals surface area contributed by atoms with Crippen LogP contribution in [0.3, 0.4) is 0 Å². The molecule has 8 heteroatoms. The quantitative estimate of drug-likeness (QED) is 0.659. The van der Waals surface area contributed by atoms with Gasteiger partial charge in [0, 0.05) is 17.0 Å².